The minimum Gasteiger partial charge on any atom is -0.376 e. The molecule has 4 aromatic rings. The van der Waals surface area contributed by atoms with Crippen molar-refractivity contribution in [1.29, 1.82) is 0 Å². The van der Waals surface area contributed by atoms with Gasteiger partial charge in [0, 0.05) is 42.0 Å². The van der Waals surface area contributed by atoms with Crippen molar-refractivity contribution >= 4 is 38.8 Å². The summed E-state index contributed by atoms with van der Waals surface area (Å²) in [6.45, 7) is 5.92. The molecule has 0 bridgehead atoms. The van der Waals surface area contributed by atoms with E-state index in [9.17, 15) is 9.59 Å². The second-order valence-corrected chi connectivity index (χ2v) is 10.3. The van der Waals surface area contributed by atoms with Crippen LogP contribution >= 0.6 is 22.7 Å². The van der Waals surface area contributed by atoms with Gasteiger partial charge < -0.3 is 10.1 Å². The molecule has 1 unspecified atom stereocenters. The number of nitrogens with one attached hydrogen (secondary N) is 1. The van der Waals surface area contributed by atoms with Gasteiger partial charge in [0.1, 0.15) is 11.4 Å². The Bertz CT molecular complexity index is 1350. The van der Waals surface area contributed by atoms with Gasteiger partial charge >= 0.3 is 0 Å². The Labute approximate surface area is 205 Å². The number of thiophene rings is 2. The molecule has 5 rings (SSSR count). The number of benzene rings is 1. The van der Waals surface area contributed by atoms with E-state index < -0.39 is 0 Å². The molecule has 0 radical (unpaired) electrons. The lowest BCUT2D eigenvalue weighted by Crippen LogP contribution is -2.40. The Morgan fingerprint density at radius 2 is 2.12 bits per heavy atom. The van der Waals surface area contributed by atoms with E-state index in [4.69, 9.17) is 4.74 Å². The maximum absolute atomic E-state index is 13.1. The SMILES string of the molecule is CC1CN(Cc2cccc(CNC(=O)Cn3cnc4scc(-c5cccs5)c4c3=O)c2)CCO1. The summed E-state index contributed by atoms with van der Waals surface area (Å²) in [5.41, 5.74) is 2.94. The molecule has 0 spiro atoms. The molecule has 1 fully saturated rings. The van der Waals surface area contributed by atoms with E-state index in [1.165, 1.54) is 27.8 Å². The van der Waals surface area contributed by atoms with Crippen LogP contribution in [-0.2, 0) is 29.2 Å². The van der Waals surface area contributed by atoms with Gasteiger partial charge in [-0.15, -0.1) is 22.7 Å². The van der Waals surface area contributed by atoms with Gasteiger partial charge in [-0.1, -0.05) is 30.3 Å². The van der Waals surface area contributed by atoms with Crippen LogP contribution in [0.4, 0.5) is 0 Å². The summed E-state index contributed by atoms with van der Waals surface area (Å²) < 4.78 is 7.01. The van der Waals surface area contributed by atoms with E-state index in [1.807, 2.05) is 35.0 Å². The minimum absolute atomic E-state index is 0.0626. The number of carbonyl (C=O) groups is 1. The number of hydrogen-bond donors (Lipinski definition) is 1. The van der Waals surface area contributed by atoms with Crippen LogP contribution in [0.2, 0.25) is 0 Å². The molecule has 4 heterocycles. The first-order valence-corrected chi connectivity index (χ1v) is 13.0. The lowest BCUT2D eigenvalue weighted by Gasteiger charge is -2.31. The Morgan fingerprint density at radius 1 is 1.24 bits per heavy atom. The predicted molar refractivity (Wildman–Crippen MR) is 136 cm³/mol. The molecular formula is C25H26N4O3S2. The van der Waals surface area contributed by atoms with E-state index in [0.717, 1.165) is 42.2 Å². The van der Waals surface area contributed by atoms with Crippen LogP contribution in [0.1, 0.15) is 18.1 Å². The zero-order valence-corrected chi connectivity index (χ0v) is 20.5. The fourth-order valence-corrected chi connectivity index (χ4v) is 5.96. The lowest BCUT2D eigenvalue weighted by molar-refractivity contribution is -0.121. The number of morpholine rings is 1. The van der Waals surface area contributed by atoms with Gasteiger partial charge in [-0.2, -0.15) is 0 Å². The average Bonchev–Trinajstić information content (AvgIpc) is 3.50. The normalized spacial score (nSPS) is 16.7. The monoisotopic (exact) mass is 494 g/mol. The van der Waals surface area contributed by atoms with Crippen molar-refractivity contribution in [3.8, 4) is 10.4 Å². The van der Waals surface area contributed by atoms with Crippen LogP contribution < -0.4 is 10.9 Å². The van der Waals surface area contributed by atoms with Crippen LogP contribution in [0.5, 0.6) is 0 Å². The Balaban J connectivity index is 1.23. The first-order valence-electron chi connectivity index (χ1n) is 11.3. The second-order valence-electron chi connectivity index (χ2n) is 8.50. The number of carbonyl (C=O) groups excluding carboxylic acids is 1. The first-order chi connectivity index (χ1) is 16.6. The number of ether oxygens (including phenoxy) is 1. The van der Waals surface area contributed by atoms with Crippen molar-refractivity contribution in [3.63, 3.8) is 0 Å². The van der Waals surface area contributed by atoms with Gasteiger partial charge in [0.15, 0.2) is 0 Å². The zero-order valence-electron chi connectivity index (χ0n) is 18.9. The van der Waals surface area contributed by atoms with Crippen LogP contribution in [-0.4, -0.2) is 46.2 Å². The van der Waals surface area contributed by atoms with Gasteiger partial charge in [-0.3, -0.25) is 19.1 Å². The third-order valence-electron chi connectivity index (χ3n) is 5.87. The summed E-state index contributed by atoms with van der Waals surface area (Å²) in [5.74, 6) is -0.219. The fourth-order valence-electron chi connectivity index (χ4n) is 4.23. The minimum atomic E-state index is -0.219. The molecule has 0 aliphatic carbocycles. The molecule has 1 atom stereocenters. The van der Waals surface area contributed by atoms with E-state index >= 15 is 0 Å². The van der Waals surface area contributed by atoms with Crippen molar-refractivity contribution in [1.82, 2.24) is 19.8 Å². The van der Waals surface area contributed by atoms with E-state index in [2.05, 4.69) is 34.3 Å². The molecule has 1 N–H and O–H groups in total. The third-order valence-corrected chi connectivity index (χ3v) is 7.66. The summed E-state index contributed by atoms with van der Waals surface area (Å²) in [4.78, 5) is 34.3. The van der Waals surface area contributed by atoms with Crippen molar-refractivity contribution in [2.75, 3.05) is 19.7 Å². The van der Waals surface area contributed by atoms with E-state index in [-0.39, 0.29) is 24.1 Å². The summed E-state index contributed by atoms with van der Waals surface area (Å²) in [6.07, 6.45) is 1.71. The van der Waals surface area contributed by atoms with E-state index in [0.29, 0.717) is 16.8 Å². The van der Waals surface area contributed by atoms with E-state index in [1.54, 1.807) is 11.3 Å². The standard InChI is InChI=1S/C25H26N4O3S2/c1-17-12-28(7-8-32-17)13-19-5-2-4-18(10-19)11-26-22(30)14-29-16-27-24-23(25(29)31)20(15-34-24)21-6-3-9-33-21/h2-6,9-10,15-17H,7-8,11-14H2,1H3,(H,26,30). The number of rotatable bonds is 7. The Hall–Kier alpha value is -2.85. The van der Waals surface area contributed by atoms with Gasteiger partial charge in [0.2, 0.25) is 5.91 Å². The fraction of sp³-hybridized carbons (Fsp3) is 0.320. The molecule has 1 aliphatic heterocycles. The molecule has 1 aromatic carbocycles. The number of nitrogens with zero attached hydrogens (tertiary/aromatic N) is 3. The quantitative estimate of drug-likeness (QED) is 0.424. The molecule has 9 heteroatoms. The molecule has 176 valence electrons. The number of hydrogen-bond acceptors (Lipinski definition) is 7. The Morgan fingerprint density at radius 3 is 2.94 bits per heavy atom. The molecule has 1 saturated heterocycles. The summed E-state index contributed by atoms with van der Waals surface area (Å²) in [6, 6.07) is 12.2. The summed E-state index contributed by atoms with van der Waals surface area (Å²) in [7, 11) is 0. The predicted octanol–water partition coefficient (Wildman–Crippen LogP) is 3.72. The van der Waals surface area contributed by atoms with Gasteiger partial charge in [0.05, 0.1) is 24.4 Å². The van der Waals surface area contributed by atoms with Gasteiger partial charge in [-0.05, 0) is 29.5 Å². The highest BCUT2D eigenvalue weighted by atomic mass is 32.1. The van der Waals surface area contributed by atoms with Crippen LogP contribution in [0, 0.1) is 0 Å². The largest absolute Gasteiger partial charge is 0.376 e. The van der Waals surface area contributed by atoms with Gasteiger partial charge in [0.25, 0.3) is 5.56 Å². The van der Waals surface area contributed by atoms with Gasteiger partial charge in [-0.25, -0.2) is 4.98 Å². The third kappa shape index (κ3) is 5.12. The number of fused-ring (bicyclic) bond motifs is 1. The van der Waals surface area contributed by atoms with Crippen molar-refractivity contribution in [3.05, 3.63) is 75.0 Å². The topological polar surface area (TPSA) is 76.5 Å². The maximum atomic E-state index is 13.1. The second kappa shape index (κ2) is 10.2. The molecule has 7 nitrogen and oxygen atoms in total. The smallest absolute Gasteiger partial charge is 0.263 e. The number of amides is 1. The molecule has 34 heavy (non-hydrogen) atoms. The first kappa shape index (κ1) is 22.9. The molecule has 0 saturated carbocycles. The van der Waals surface area contributed by atoms with Crippen LogP contribution in [0.25, 0.3) is 20.7 Å². The molecule has 3 aromatic heterocycles. The highest BCUT2D eigenvalue weighted by Crippen LogP contribution is 2.33. The maximum Gasteiger partial charge on any atom is 0.263 e. The Kier molecular flexibility index (Phi) is 6.87. The molecule has 1 amide bonds. The lowest BCUT2D eigenvalue weighted by atomic mass is 10.1. The molecular weight excluding hydrogens is 468 g/mol. The van der Waals surface area contributed by atoms with Crippen molar-refractivity contribution in [2.24, 2.45) is 0 Å². The number of aromatic nitrogens is 2. The van der Waals surface area contributed by atoms with Crippen LogP contribution in [0.3, 0.4) is 0 Å². The highest BCUT2D eigenvalue weighted by molar-refractivity contribution is 7.18. The van der Waals surface area contributed by atoms with Crippen molar-refractivity contribution in [2.45, 2.75) is 32.7 Å². The average molecular weight is 495 g/mol. The highest BCUT2D eigenvalue weighted by Gasteiger charge is 2.17. The molecule has 1 aliphatic rings. The summed E-state index contributed by atoms with van der Waals surface area (Å²) in [5, 5.41) is 7.46. The summed E-state index contributed by atoms with van der Waals surface area (Å²) >= 11 is 3.03. The van der Waals surface area contributed by atoms with Crippen molar-refractivity contribution < 1.29 is 9.53 Å². The van der Waals surface area contributed by atoms with Crippen LogP contribution in [0.15, 0.2) is 58.3 Å². The zero-order chi connectivity index (χ0) is 23.5.